The maximum absolute atomic E-state index is 11.6. The molecular weight excluding hydrogens is 284 g/mol. The van der Waals surface area contributed by atoms with Gasteiger partial charge in [0.15, 0.2) is 0 Å². The standard InChI is InChI=1S/C20H28N2O/c1-2-20(23)21-18-11-13-22(14-12-18)19(17-9-6-10-17)15-16-7-4-3-5-8-16/h3-5,7-9,18-19H,2,6,10-15H2,1H3,(H,21,23). The first kappa shape index (κ1) is 16.3. The van der Waals surface area contributed by atoms with Gasteiger partial charge >= 0.3 is 0 Å². The molecule has 1 aromatic carbocycles. The molecule has 1 aliphatic carbocycles. The van der Waals surface area contributed by atoms with Gasteiger partial charge in [-0.25, -0.2) is 0 Å². The van der Waals surface area contributed by atoms with Crippen LogP contribution in [0.5, 0.6) is 0 Å². The lowest BCUT2D eigenvalue weighted by atomic mass is 9.86. The SMILES string of the molecule is CCC(=O)NC1CCN(C(Cc2ccccc2)C2=CCC2)CC1. The summed E-state index contributed by atoms with van der Waals surface area (Å²) in [7, 11) is 0. The maximum Gasteiger partial charge on any atom is 0.219 e. The van der Waals surface area contributed by atoms with E-state index in [-0.39, 0.29) is 5.91 Å². The minimum atomic E-state index is 0.186. The number of carbonyl (C=O) groups excluding carboxylic acids is 1. The molecule has 3 rings (SSSR count). The van der Waals surface area contributed by atoms with Crippen LogP contribution in [0, 0.1) is 0 Å². The Morgan fingerprint density at radius 3 is 2.52 bits per heavy atom. The van der Waals surface area contributed by atoms with Crippen LogP contribution >= 0.6 is 0 Å². The van der Waals surface area contributed by atoms with Gasteiger partial charge in [-0.05, 0) is 37.7 Å². The average molecular weight is 312 g/mol. The lowest BCUT2D eigenvalue weighted by Gasteiger charge is -2.40. The van der Waals surface area contributed by atoms with Crippen LogP contribution in [0.3, 0.4) is 0 Å². The van der Waals surface area contributed by atoms with Crippen LogP contribution in [-0.2, 0) is 11.2 Å². The van der Waals surface area contributed by atoms with Crippen molar-refractivity contribution in [2.24, 2.45) is 0 Å². The van der Waals surface area contributed by atoms with Gasteiger partial charge in [0.05, 0.1) is 0 Å². The zero-order chi connectivity index (χ0) is 16.1. The summed E-state index contributed by atoms with van der Waals surface area (Å²) >= 11 is 0. The molecule has 1 aromatic rings. The lowest BCUT2D eigenvalue weighted by molar-refractivity contribution is -0.121. The van der Waals surface area contributed by atoms with Crippen molar-refractivity contribution in [1.29, 1.82) is 0 Å². The summed E-state index contributed by atoms with van der Waals surface area (Å²) in [6, 6.07) is 11.7. The number of benzene rings is 1. The Kier molecular flexibility index (Phi) is 5.50. The van der Waals surface area contributed by atoms with Crippen molar-refractivity contribution < 1.29 is 4.79 Å². The summed E-state index contributed by atoms with van der Waals surface area (Å²) in [4.78, 5) is 14.2. The number of piperidine rings is 1. The molecule has 1 saturated heterocycles. The molecule has 3 heteroatoms. The van der Waals surface area contributed by atoms with Crippen LogP contribution in [-0.4, -0.2) is 36.0 Å². The summed E-state index contributed by atoms with van der Waals surface area (Å²) in [6.07, 6.45) is 8.75. The highest BCUT2D eigenvalue weighted by Crippen LogP contribution is 2.29. The molecule has 1 unspecified atom stereocenters. The summed E-state index contributed by atoms with van der Waals surface area (Å²) in [6.45, 7) is 4.09. The fourth-order valence-electron chi connectivity index (χ4n) is 3.63. The third-order valence-corrected chi connectivity index (χ3v) is 5.20. The van der Waals surface area contributed by atoms with Gasteiger partial charge in [0, 0.05) is 31.6 Å². The number of likely N-dealkylation sites (tertiary alicyclic amines) is 1. The molecule has 3 nitrogen and oxygen atoms in total. The van der Waals surface area contributed by atoms with E-state index in [1.807, 2.05) is 6.92 Å². The smallest absolute Gasteiger partial charge is 0.219 e. The predicted octanol–water partition coefficient (Wildman–Crippen LogP) is 3.31. The van der Waals surface area contributed by atoms with Crippen LogP contribution in [0.1, 0.15) is 44.6 Å². The van der Waals surface area contributed by atoms with Crippen molar-refractivity contribution in [3.63, 3.8) is 0 Å². The minimum absolute atomic E-state index is 0.186. The Morgan fingerprint density at radius 1 is 1.26 bits per heavy atom. The van der Waals surface area contributed by atoms with E-state index in [1.165, 1.54) is 18.4 Å². The van der Waals surface area contributed by atoms with E-state index in [9.17, 15) is 4.79 Å². The number of nitrogens with zero attached hydrogens (tertiary/aromatic N) is 1. The van der Waals surface area contributed by atoms with Crippen LogP contribution in [0.4, 0.5) is 0 Å². The van der Waals surface area contributed by atoms with E-state index in [0.717, 1.165) is 32.4 Å². The fourth-order valence-corrected chi connectivity index (χ4v) is 3.63. The molecular formula is C20H28N2O. The first-order valence-corrected chi connectivity index (χ1v) is 9.02. The molecule has 1 heterocycles. The number of hydrogen-bond donors (Lipinski definition) is 1. The second kappa shape index (κ2) is 7.78. The number of amides is 1. The molecule has 0 bridgehead atoms. The van der Waals surface area contributed by atoms with Gasteiger partial charge in [-0.1, -0.05) is 48.9 Å². The second-order valence-electron chi connectivity index (χ2n) is 6.75. The summed E-state index contributed by atoms with van der Waals surface area (Å²) in [5.74, 6) is 0.186. The van der Waals surface area contributed by atoms with Crippen molar-refractivity contribution in [1.82, 2.24) is 10.2 Å². The highest BCUT2D eigenvalue weighted by Gasteiger charge is 2.29. The normalized spacial score (nSPS) is 20.5. The molecule has 2 aliphatic rings. The fraction of sp³-hybridized carbons (Fsp3) is 0.550. The maximum atomic E-state index is 11.6. The van der Waals surface area contributed by atoms with E-state index in [0.29, 0.717) is 18.5 Å². The summed E-state index contributed by atoms with van der Waals surface area (Å²) < 4.78 is 0. The van der Waals surface area contributed by atoms with Gasteiger partial charge in [-0.3, -0.25) is 9.69 Å². The van der Waals surface area contributed by atoms with Crippen molar-refractivity contribution in [2.45, 2.75) is 57.5 Å². The van der Waals surface area contributed by atoms with Gasteiger partial charge in [0.1, 0.15) is 0 Å². The first-order valence-electron chi connectivity index (χ1n) is 9.02. The molecule has 0 radical (unpaired) electrons. The number of carbonyl (C=O) groups is 1. The molecule has 0 aromatic heterocycles. The van der Waals surface area contributed by atoms with Crippen molar-refractivity contribution >= 4 is 5.91 Å². The van der Waals surface area contributed by atoms with Crippen LogP contribution in [0.2, 0.25) is 0 Å². The molecule has 1 amide bonds. The highest BCUT2D eigenvalue weighted by atomic mass is 16.1. The summed E-state index contributed by atoms with van der Waals surface area (Å²) in [5, 5.41) is 3.15. The van der Waals surface area contributed by atoms with Gasteiger partial charge in [0.2, 0.25) is 5.91 Å². The second-order valence-corrected chi connectivity index (χ2v) is 6.75. The number of hydrogen-bond acceptors (Lipinski definition) is 2. The van der Waals surface area contributed by atoms with Gasteiger partial charge in [-0.2, -0.15) is 0 Å². The van der Waals surface area contributed by atoms with Gasteiger partial charge < -0.3 is 5.32 Å². The Hall–Kier alpha value is -1.61. The molecule has 0 saturated carbocycles. The highest BCUT2D eigenvalue weighted by molar-refractivity contribution is 5.75. The average Bonchev–Trinajstić information content (AvgIpc) is 2.54. The van der Waals surface area contributed by atoms with Gasteiger partial charge in [0.25, 0.3) is 0 Å². The Balaban J connectivity index is 1.60. The minimum Gasteiger partial charge on any atom is -0.353 e. The van der Waals surface area contributed by atoms with Crippen LogP contribution in [0.25, 0.3) is 0 Å². The van der Waals surface area contributed by atoms with E-state index >= 15 is 0 Å². The molecule has 1 atom stereocenters. The lowest BCUT2D eigenvalue weighted by Crippen LogP contribution is -2.49. The quantitative estimate of drug-likeness (QED) is 0.817. The van der Waals surface area contributed by atoms with Crippen molar-refractivity contribution in [3.8, 4) is 0 Å². The van der Waals surface area contributed by atoms with E-state index in [2.05, 4.69) is 46.6 Å². The predicted molar refractivity (Wildman–Crippen MR) is 94.3 cm³/mol. The van der Waals surface area contributed by atoms with E-state index in [4.69, 9.17) is 0 Å². The topological polar surface area (TPSA) is 32.3 Å². The Morgan fingerprint density at radius 2 is 1.96 bits per heavy atom. The summed E-state index contributed by atoms with van der Waals surface area (Å²) in [5.41, 5.74) is 3.04. The molecule has 1 aliphatic heterocycles. The van der Waals surface area contributed by atoms with Gasteiger partial charge in [-0.15, -0.1) is 0 Å². The molecule has 23 heavy (non-hydrogen) atoms. The number of nitrogens with one attached hydrogen (secondary N) is 1. The first-order chi connectivity index (χ1) is 11.3. The van der Waals surface area contributed by atoms with Crippen molar-refractivity contribution in [3.05, 3.63) is 47.5 Å². The van der Waals surface area contributed by atoms with Crippen LogP contribution in [0.15, 0.2) is 42.0 Å². The zero-order valence-corrected chi connectivity index (χ0v) is 14.1. The number of rotatable bonds is 6. The van der Waals surface area contributed by atoms with Crippen LogP contribution < -0.4 is 5.32 Å². The number of allylic oxidation sites excluding steroid dienone is 1. The molecule has 124 valence electrons. The van der Waals surface area contributed by atoms with E-state index < -0.39 is 0 Å². The Labute approximate surface area is 139 Å². The molecule has 0 spiro atoms. The third kappa shape index (κ3) is 4.23. The molecule has 1 fully saturated rings. The zero-order valence-electron chi connectivity index (χ0n) is 14.1. The molecule has 1 N–H and O–H groups in total. The third-order valence-electron chi connectivity index (χ3n) is 5.20. The van der Waals surface area contributed by atoms with E-state index in [1.54, 1.807) is 5.57 Å². The largest absolute Gasteiger partial charge is 0.353 e. The Bertz CT molecular complexity index is 544. The van der Waals surface area contributed by atoms with Crippen molar-refractivity contribution in [2.75, 3.05) is 13.1 Å². The monoisotopic (exact) mass is 312 g/mol.